The number of aromatic amines is 1. The van der Waals surface area contributed by atoms with Gasteiger partial charge in [0.25, 0.3) is 0 Å². The number of allylic oxidation sites excluding steroid dienone is 1. The molecule has 2 saturated heterocycles. The number of aliphatic imine (C=N–C) groups is 1. The van der Waals surface area contributed by atoms with E-state index in [-0.39, 0.29) is 42.2 Å². The largest absolute Gasteiger partial charge is 0.493 e. The summed E-state index contributed by atoms with van der Waals surface area (Å²) in [6.07, 6.45) is 16.5. The number of fused-ring (bicyclic) bond motifs is 2. The van der Waals surface area contributed by atoms with Gasteiger partial charge in [-0.2, -0.15) is 24.8 Å². The molecule has 0 radical (unpaired) electrons. The smallest absolute Gasteiger partial charge is 0.247 e. The van der Waals surface area contributed by atoms with Crippen LogP contribution in [-0.4, -0.2) is 139 Å². The van der Waals surface area contributed by atoms with Gasteiger partial charge in [-0.3, -0.25) is 28.7 Å². The number of anilines is 3. The molecule has 6 aromatic rings. The molecule has 4 aromatic heterocycles. The van der Waals surface area contributed by atoms with Gasteiger partial charge in [-0.15, -0.1) is 5.10 Å². The molecule has 392 valence electrons. The third-order valence-corrected chi connectivity index (χ3v) is 12.9. The summed E-state index contributed by atoms with van der Waals surface area (Å²) in [6, 6.07) is 12.8. The third-order valence-electron chi connectivity index (χ3n) is 12.0. The molecule has 5 N–H and O–H groups in total. The van der Waals surface area contributed by atoms with Gasteiger partial charge in [-0.25, -0.2) is 9.37 Å². The molecule has 3 aliphatic rings. The van der Waals surface area contributed by atoms with E-state index in [4.69, 9.17) is 9.47 Å². The number of aromatic nitrogens is 8. The van der Waals surface area contributed by atoms with E-state index in [1.54, 1.807) is 43.1 Å². The van der Waals surface area contributed by atoms with Gasteiger partial charge >= 0.3 is 0 Å². The van der Waals surface area contributed by atoms with Gasteiger partial charge in [0, 0.05) is 63.0 Å². The van der Waals surface area contributed by atoms with Crippen molar-refractivity contribution in [2.75, 3.05) is 63.2 Å². The van der Waals surface area contributed by atoms with Crippen LogP contribution in [0.5, 0.6) is 5.75 Å². The number of hydrogen-bond acceptors (Lipinski definition) is 16. The first-order valence-electron chi connectivity index (χ1n) is 24.7. The number of halogens is 1. The SMILES string of the molecule is C=N/C(=C(\C)OC(C)C)c1cn[nH]c1.CC(C)Oc1c(C2C=NNC2)ncn2nc(Nc3ccccc3F)nc12.CN1CCC(c2ccc3c(NC(=O)CCNC=O)nn(C)c3c2)CC1.CSN1CCCCC1. The predicted octanol–water partition coefficient (Wildman–Crippen LogP) is 7.90. The Morgan fingerprint density at radius 3 is 2.44 bits per heavy atom. The molecule has 73 heavy (non-hydrogen) atoms. The molecule has 9 rings (SSSR count). The summed E-state index contributed by atoms with van der Waals surface area (Å²) >= 11 is 1.88. The molecule has 2 fully saturated rings. The topological polar surface area (TPSA) is 222 Å². The molecule has 0 spiro atoms. The van der Waals surface area contributed by atoms with Crippen molar-refractivity contribution in [3.63, 3.8) is 0 Å². The van der Waals surface area contributed by atoms with Crippen LogP contribution in [0, 0.1) is 5.82 Å². The van der Waals surface area contributed by atoms with Gasteiger partial charge in [-0.05, 0) is 129 Å². The van der Waals surface area contributed by atoms with Crippen molar-refractivity contribution in [2.45, 2.75) is 97.2 Å². The second-order valence-corrected chi connectivity index (χ2v) is 19.1. The van der Waals surface area contributed by atoms with Crippen LogP contribution >= 0.6 is 11.9 Å². The van der Waals surface area contributed by atoms with Crippen molar-refractivity contribution >= 4 is 76.9 Å². The van der Waals surface area contributed by atoms with Crippen molar-refractivity contribution in [2.24, 2.45) is 17.1 Å². The zero-order valence-corrected chi connectivity index (χ0v) is 44.1. The van der Waals surface area contributed by atoms with Crippen LogP contribution < -0.4 is 26.1 Å². The predicted molar refractivity (Wildman–Crippen MR) is 289 cm³/mol. The van der Waals surface area contributed by atoms with Crippen LogP contribution in [0.25, 0.3) is 22.2 Å². The lowest BCUT2D eigenvalue weighted by Gasteiger charge is -2.29. The highest BCUT2D eigenvalue weighted by Gasteiger charge is 2.25. The lowest BCUT2D eigenvalue weighted by atomic mass is 9.89. The first kappa shape index (κ1) is 55.4. The van der Waals surface area contributed by atoms with E-state index < -0.39 is 0 Å². The molecule has 2 amide bonds. The van der Waals surface area contributed by atoms with E-state index in [0.717, 1.165) is 46.7 Å². The van der Waals surface area contributed by atoms with E-state index >= 15 is 0 Å². The van der Waals surface area contributed by atoms with Crippen molar-refractivity contribution in [3.05, 3.63) is 89.6 Å². The second-order valence-electron chi connectivity index (χ2n) is 18.3. The minimum atomic E-state index is -0.378. The summed E-state index contributed by atoms with van der Waals surface area (Å²) in [4.78, 5) is 37.5. The molecule has 1 atom stereocenters. The minimum absolute atomic E-state index is 0.00609. The highest BCUT2D eigenvalue weighted by molar-refractivity contribution is 7.96. The van der Waals surface area contributed by atoms with Gasteiger partial charge in [-0.1, -0.05) is 36.6 Å². The number of hydrogen-bond donors (Lipinski definition) is 5. The molecule has 0 bridgehead atoms. The van der Waals surface area contributed by atoms with E-state index in [9.17, 15) is 14.0 Å². The Bertz CT molecular complexity index is 2760. The molecule has 0 aliphatic carbocycles. The zero-order chi connectivity index (χ0) is 52.3. The fourth-order valence-corrected chi connectivity index (χ4v) is 8.98. The van der Waals surface area contributed by atoms with Crippen molar-refractivity contribution in [1.82, 2.24) is 59.5 Å². The molecule has 3 aliphatic heterocycles. The molecule has 7 heterocycles. The number of aryl methyl sites for hydroxylation is 1. The number of hydrazone groups is 1. The Kier molecular flexibility index (Phi) is 21.1. The fourth-order valence-electron chi connectivity index (χ4n) is 8.36. The fraction of sp³-hybridized carbons (Fsp3) is 0.471. The summed E-state index contributed by atoms with van der Waals surface area (Å²) in [5, 5.41) is 28.5. The van der Waals surface area contributed by atoms with E-state index in [1.165, 1.54) is 61.3 Å². The number of nitrogens with one attached hydrogen (secondary N) is 5. The van der Waals surface area contributed by atoms with Crippen LogP contribution in [0.1, 0.15) is 102 Å². The van der Waals surface area contributed by atoms with Crippen LogP contribution in [-0.2, 0) is 21.4 Å². The standard InChI is InChI=1S/C18H25N5O2.C17H18FN7O.C10H15N3O.C6H13NS/c1-22-9-6-13(7-10-22)14-3-4-15-16(11-14)23(2)21-18(15)20-17(25)5-8-19-12-24;1-10(2)26-15-14(11-7-20-21-8-11)19-9-25-16(15)23-17(24-25)22-13-6-4-3-5-12(13)18;1-7(2)14-8(3)10(11-4)9-5-12-13-6-9;1-8-7-5-3-2-4-6-7/h3-4,11-13H,5-10H2,1-2H3,(H,19,24)(H,20,21,25);3-7,9-11,21H,8H2,1-2H3,(H,22,24);5-7H,4H2,1-3H3,(H,12,13);2-6H2,1H3/b;;10-8+;. The van der Waals surface area contributed by atoms with Crippen molar-refractivity contribution in [1.29, 1.82) is 0 Å². The molecule has 2 aromatic carbocycles. The second kappa shape index (κ2) is 27.8. The van der Waals surface area contributed by atoms with Crippen molar-refractivity contribution < 1.29 is 23.5 Å². The number of ether oxygens (including phenoxy) is 2. The van der Waals surface area contributed by atoms with E-state index in [2.05, 4.69) is 109 Å². The van der Waals surface area contributed by atoms with Crippen LogP contribution in [0.3, 0.4) is 0 Å². The van der Waals surface area contributed by atoms with Crippen LogP contribution in [0.15, 0.2) is 77.0 Å². The Hall–Kier alpha value is -6.91. The van der Waals surface area contributed by atoms with Gasteiger partial charge in [0.1, 0.15) is 23.6 Å². The molecule has 20 nitrogen and oxygen atoms in total. The number of amides is 2. The number of piperidine rings is 2. The monoisotopic (exact) mass is 1020 g/mol. The highest BCUT2D eigenvalue weighted by Crippen LogP contribution is 2.33. The number of likely N-dealkylation sites (tertiary alicyclic amines) is 1. The summed E-state index contributed by atoms with van der Waals surface area (Å²) < 4.78 is 31.1. The maximum Gasteiger partial charge on any atom is 0.247 e. The number of carbonyl (C=O) groups is 2. The van der Waals surface area contributed by atoms with Gasteiger partial charge in [0.2, 0.25) is 23.9 Å². The zero-order valence-electron chi connectivity index (χ0n) is 43.3. The lowest BCUT2D eigenvalue weighted by molar-refractivity contribution is -0.116. The number of benzene rings is 2. The Morgan fingerprint density at radius 1 is 1.04 bits per heavy atom. The van der Waals surface area contributed by atoms with E-state index in [0.29, 0.717) is 48.3 Å². The van der Waals surface area contributed by atoms with Gasteiger partial charge in [0.15, 0.2) is 11.6 Å². The highest BCUT2D eigenvalue weighted by atomic mass is 32.2. The Morgan fingerprint density at radius 2 is 1.81 bits per heavy atom. The van der Waals surface area contributed by atoms with Gasteiger partial charge in [0.05, 0.1) is 41.2 Å². The number of para-hydroxylation sites is 1. The molecule has 0 saturated carbocycles. The average molecular weight is 1020 g/mol. The molecule has 1 unspecified atom stereocenters. The first-order valence-corrected chi connectivity index (χ1v) is 25.9. The quantitative estimate of drug-likeness (QED) is 0.0205. The third kappa shape index (κ3) is 16.0. The molecule has 22 heteroatoms. The van der Waals surface area contributed by atoms with E-state index in [1.807, 2.05) is 58.3 Å². The maximum absolute atomic E-state index is 13.9. The molecular weight excluding hydrogens is 952 g/mol. The number of rotatable bonds is 16. The lowest BCUT2D eigenvalue weighted by Crippen LogP contribution is -2.29. The van der Waals surface area contributed by atoms with Gasteiger partial charge < -0.3 is 35.7 Å². The van der Waals surface area contributed by atoms with Crippen LogP contribution in [0.2, 0.25) is 0 Å². The number of nitrogens with zero attached hydrogens (tertiary/aromatic N) is 11. The first-order chi connectivity index (χ1) is 35.3. The normalized spacial score (nSPS) is 16.3. The Labute approximate surface area is 431 Å². The minimum Gasteiger partial charge on any atom is -0.493 e. The average Bonchev–Trinajstić information content (AvgIpc) is 4.23. The maximum atomic E-state index is 13.9. The van der Waals surface area contributed by atoms with Crippen LogP contribution in [0.4, 0.5) is 21.8 Å². The summed E-state index contributed by atoms with van der Waals surface area (Å²) in [6.45, 7) is 19.0. The molecular formula is C51H71FN16O4S. The number of H-pyrrole nitrogens is 1. The summed E-state index contributed by atoms with van der Waals surface area (Å²) in [7, 11) is 4.06. The number of carbonyl (C=O) groups excluding carboxylic acids is 2. The summed E-state index contributed by atoms with van der Waals surface area (Å²) in [5.74, 6) is 2.19. The van der Waals surface area contributed by atoms with Crippen molar-refractivity contribution in [3.8, 4) is 5.75 Å². The summed E-state index contributed by atoms with van der Waals surface area (Å²) in [5.41, 5.74) is 8.46. The Balaban J connectivity index is 0.000000172.